The van der Waals surface area contributed by atoms with Crippen molar-refractivity contribution in [3.05, 3.63) is 48.5 Å². The summed E-state index contributed by atoms with van der Waals surface area (Å²) in [7, 11) is 0. The van der Waals surface area contributed by atoms with E-state index in [0.717, 1.165) is 12.2 Å². The lowest BCUT2D eigenvalue weighted by atomic mass is 10.2. The summed E-state index contributed by atoms with van der Waals surface area (Å²) < 4.78 is 1.41. The predicted molar refractivity (Wildman–Crippen MR) is 77.6 cm³/mol. The molecule has 1 N–H and O–H groups in total. The molecule has 1 aliphatic heterocycles. The molecule has 3 rings (SSSR count). The molecule has 0 bridgehead atoms. The van der Waals surface area contributed by atoms with E-state index in [1.165, 1.54) is 42.4 Å². The fourth-order valence-corrected chi connectivity index (χ4v) is 2.46. The highest BCUT2D eigenvalue weighted by Gasteiger charge is 2.11. The first-order valence-corrected chi connectivity index (χ1v) is 6.92. The number of carbonyl (C=O) groups is 1. The van der Waals surface area contributed by atoms with Gasteiger partial charge in [-0.15, -0.1) is 0 Å². The van der Waals surface area contributed by atoms with Gasteiger partial charge in [0.2, 0.25) is 0 Å². The van der Waals surface area contributed by atoms with Gasteiger partial charge in [-0.05, 0) is 43.6 Å². The Morgan fingerprint density at radius 1 is 1.20 bits per heavy atom. The van der Waals surface area contributed by atoms with Crippen molar-refractivity contribution in [2.75, 3.05) is 18.4 Å². The minimum absolute atomic E-state index is 0.199. The number of carbonyl (C=O) groups excluding carboxylic acids is 1. The number of benzene rings is 1. The van der Waals surface area contributed by atoms with Crippen molar-refractivity contribution in [1.82, 2.24) is 14.5 Å². The summed E-state index contributed by atoms with van der Waals surface area (Å²) in [5.74, 6) is 0. The van der Waals surface area contributed by atoms with E-state index in [9.17, 15) is 4.79 Å². The van der Waals surface area contributed by atoms with Crippen molar-refractivity contribution in [2.45, 2.75) is 19.4 Å². The molecule has 1 amide bonds. The quantitative estimate of drug-likeness (QED) is 0.932. The Bertz CT molecular complexity index is 556. The number of imidazole rings is 1. The summed E-state index contributed by atoms with van der Waals surface area (Å²) in [5, 5.41) is 2.84. The molecule has 5 heteroatoms. The molecule has 0 unspecified atom stereocenters. The second-order valence-electron chi connectivity index (χ2n) is 5.08. The van der Waals surface area contributed by atoms with E-state index in [0.29, 0.717) is 0 Å². The zero-order valence-electron chi connectivity index (χ0n) is 11.3. The molecule has 5 nitrogen and oxygen atoms in total. The first kappa shape index (κ1) is 12.9. The Morgan fingerprint density at radius 3 is 2.60 bits per heavy atom. The zero-order chi connectivity index (χ0) is 13.8. The predicted octanol–water partition coefficient (Wildman–Crippen LogP) is 2.56. The first-order valence-electron chi connectivity index (χ1n) is 6.92. The fourth-order valence-electron chi connectivity index (χ4n) is 2.46. The van der Waals surface area contributed by atoms with Crippen LogP contribution >= 0.6 is 0 Å². The van der Waals surface area contributed by atoms with Crippen LogP contribution in [-0.2, 0) is 6.54 Å². The molecular formula is C15H18N4O. The minimum atomic E-state index is -0.199. The third-order valence-corrected chi connectivity index (χ3v) is 3.55. The van der Waals surface area contributed by atoms with Gasteiger partial charge < -0.3 is 5.32 Å². The molecule has 2 heterocycles. The maximum absolute atomic E-state index is 11.8. The number of aromatic nitrogens is 2. The van der Waals surface area contributed by atoms with Crippen LogP contribution in [0.2, 0.25) is 0 Å². The number of nitrogens with one attached hydrogen (secondary N) is 1. The van der Waals surface area contributed by atoms with Crippen molar-refractivity contribution < 1.29 is 4.79 Å². The van der Waals surface area contributed by atoms with Gasteiger partial charge in [0.25, 0.3) is 0 Å². The van der Waals surface area contributed by atoms with Crippen molar-refractivity contribution in [2.24, 2.45) is 0 Å². The van der Waals surface area contributed by atoms with E-state index >= 15 is 0 Å². The van der Waals surface area contributed by atoms with Gasteiger partial charge in [-0.25, -0.2) is 9.78 Å². The third-order valence-electron chi connectivity index (χ3n) is 3.55. The number of anilines is 1. The van der Waals surface area contributed by atoms with Crippen LogP contribution < -0.4 is 5.32 Å². The van der Waals surface area contributed by atoms with Crippen LogP contribution in [0, 0.1) is 0 Å². The summed E-state index contributed by atoms with van der Waals surface area (Å²) in [6.07, 6.45) is 7.30. The van der Waals surface area contributed by atoms with Gasteiger partial charge in [-0.1, -0.05) is 12.1 Å². The Kier molecular flexibility index (Phi) is 3.78. The molecule has 0 atom stereocenters. The number of likely N-dealkylation sites (tertiary alicyclic amines) is 1. The van der Waals surface area contributed by atoms with Crippen molar-refractivity contribution >= 4 is 11.7 Å². The lowest BCUT2D eigenvalue weighted by molar-refractivity contribution is 0.253. The van der Waals surface area contributed by atoms with Crippen LogP contribution in [-0.4, -0.2) is 33.6 Å². The van der Waals surface area contributed by atoms with Gasteiger partial charge in [0.05, 0.1) is 0 Å². The second kappa shape index (κ2) is 5.88. The van der Waals surface area contributed by atoms with E-state index in [1.807, 2.05) is 12.1 Å². The molecule has 0 saturated carbocycles. The Balaban J connectivity index is 1.59. The average molecular weight is 270 g/mol. The molecule has 0 aliphatic carbocycles. The maximum Gasteiger partial charge on any atom is 0.331 e. The van der Waals surface area contributed by atoms with Gasteiger partial charge in [0.15, 0.2) is 0 Å². The highest BCUT2D eigenvalue weighted by molar-refractivity contribution is 5.90. The van der Waals surface area contributed by atoms with Crippen LogP contribution in [0.1, 0.15) is 18.4 Å². The van der Waals surface area contributed by atoms with Gasteiger partial charge in [-0.2, -0.15) is 0 Å². The monoisotopic (exact) mass is 270 g/mol. The number of hydrogen-bond donors (Lipinski definition) is 1. The zero-order valence-corrected chi connectivity index (χ0v) is 11.3. The minimum Gasteiger partial charge on any atom is -0.307 e. The van der Waals surface area contributed by atoms with Crippen LogP contribution in [0.4, 0.5) is 10.5 Å². The van der Waals surface area contributed by atoms with E-state index in [1.54, 1.807) is 12.4 Å². The van der Waals surface area contributed by atoms with Crippen molar-refractivity contribution in [1.29, 1.82) is 0 Å². The SMILES string of the molecule is O=C(Nc1ccc(CN2CCCC2)cc1)n1ccnc1. The maximum atomic E-state index is 11.8. The van der Waals surface area contributed by atoms with Gasteiger partial charge in [0, 0.05) is 24.6 Å². The normalized spacial score (nSPS) is 15.4. The molecule has 104 valence electrons. The van der Waals surface area contributed by atoms with E-state index < -0.39 is 0 Å². The standard InChI is InChI=1S/C15H18N4O/c20-15(19-10-7-16-12-19)17-14-5-3-13(4-6-14)11-18-8-1-2-9-18/h3-7,10,12H,1-2,8-9,11H2,(H,17,20). The average Bonchev–Trinajstić information content (AvgIpc) is 3.13. The van der Waals surface area contributed by atoms with Gasteiger partial charge >= 0.3 is 6.03 Å². The summed E-state index contributed by atoms with van der Waals surface area (Å²) in [5.41, 5.74) is 2.08. The Hall–Kier alpha value is -2.14. The lowest BCUT2D eigenvalue weighted by Crippen LogP contribution is -2.19. The van der Waals surface area contributed by atoms with Gasteiger partial charge in [-0.3, -0.25) is 9.47 Å². The summed E-state index contributed by atoms with van der Waals surface area (Å²) in [6.45, 7) is 3.38. The van der Waals surface area contributed by atoms with Crippen molar-refractivity contribution in [3.63, 3.8) is 0 Å². The van der Waals surface area contributed by atoms with Crippen LogP contribution in [0.25, 0.3) is 0 Å². The number of nitrogens with zero attached hydrogens (tertiary/aromatic N) is 3. The Morgan fingerprint density at radius 2 is 1.95 bits per heavy atom. The number of hydrogen-bond acceptors (Lipinski definition) is 3. The highest BCUT2D eigenvalue weighted by atomic mass is 16.2. The third kappa shape index (κ3) is 3.05. The summed E-state index contributed by atoms with van der Waals surface area (Å²) >= 11 is 0. The topological polar surface area (TPSA) is 50.2 Å². The van der Waals surface area contributed by atoms with E-state index in [-0.39, 0.29) is 6.03 Å². The molecule has 1 aliphatic rings. The first-order chi connectivity index (χ1) is 9.81. The highest BCUT2D eigenvalue weighted by Crippen LogP contribution is 2.15. The smallest absolute Gasteiger partial charge is 0.307 e. The molecule has 1 aromatic heterocycles. The van der Waals surface area contributed by atoms with Crippen LogP contribution in [0.15, 0.2) is 43.0 Å². The molecule has 0 spiro atoms. The number of rotatable bonds is 3. The molecule has 2 aromatic rings. The molecule has 1 aromatic carbocycles. The lowest BCUT2D eigenvalue weighted by Gasteiger charge is -2.14. The summed E-state index contributed by atoms with van der Waals surface area (Å²) in [4.78, 5) is 18.2. The molecule has 1 fully saturated rings. The number of amides is 1. The summed E-state index contributed by atoms with van der Waals surface area (Å²) in [6, 6.07) is 7.83. The van der Waals surface area contributed by atoms with Gasteiger partial charge in [0.1, 0.15) is 6.33 Å². The van der Waals surface area contributed by atoms with Crippen molar-refractivity contribution in [3.8, 4) is 0 Å². The Labute approximate surface area is 118 Å². The van der Waals surface area contributed by atoms with E-state index in [2.05, 4.69) is 27.3 Å². The molecule has 0 radical (unpaired) electrons. The fraction of sp³-hybridized carbons (Fsp3) is 0.333. The molecule has 1 saturated heterocycles. The largest absolute Gasteiger partial charge is 0.331 e. The molecular weight excluding hydrogens is 252 g/mol. The second-order valence-corrected chi connectivity index (χ2v) is 5.08. The molecule has 20 heavy (non-hydrogen) atoms. The van der Waals surface area contributed by atoms with Crippen LogP contribution in [0.5, 0.6) is 0 Å². The van der Waals surface area contributed by atoms with Crippen LogP contribution in [0.3, 0.4) is 0 Å². The van der Waals surface area contributed by atoms with E-state index in [4.69, 9.17) is 0 Å².